The van der Waals surface area contributed by atoms with Gasteiger partial charge in [0, 0.05) is 12.4 Å². The number of nitrogens with zero attached hydrogens (tertiary/aromatic N) is 1. The molecule has 0 aromatic carbocycles. The fraction of sp³-hybridized carbons (Fsp3) is 0.706. The van der Waals surface area contributed by atoms with E-state index < -0.39 is 0 Å². The number of aromatic nitrogens is 1. The molecule has 2 rings (SSSR count). The molecule has 1 fully saturated rings. The van der Waals surface area contributed by atoms with Gasteiger partial charge in [-0.05, 0) is 68.3 Å². The lowest BCUT2D eigenvalue weighted by atomic mass is 9.70. The van der Waals surface area contributed by atoms with Gasteiger partial charge in [0.25, 0.3) is 0 Å². The molecule has 1 saturated carbocycles. The Morgan fingerprint density at radius 3 is 2.68 bits per heavy atom. The Kier molecular flexibility index (Phi) is 5.84. The lowest BCUT2D eigenvalue weighted by molar-refractivity contribution is 0.169. The zero-order valence-electron chi connectivity index (χ0n) is 12.4. The molecule has 106 valence electrons. The van der Waals surface area contributed by atoms with Gasteiger partial charge in [0.15, 0.2) is 0 Å². The second kappa shape index (κ2) is 7.64. The molecule has 0 amide bonds. The van der Waals surface area contributed by atoms with Crippen LogP contribution in [-0.4, -0.2) is 18.6 Å². The van der Waals surface area contributed by atoms with Crippen molar-refractivity contribution in [2.75, 3.05) is 13.6 Å². The summed E-state index contributed by atoms with van der Waals surface area (Å²) in [6.07, 6.45) is 12.1. The molecule has 0 aliphatic heterocycles. The van der Waals surface area contributed by atoms with Crippen molar-refractivity contribution < 1.29 is 0 Å². The Hall–Kier alpha value is -0.890. The van der Waals surface area contributed by atoms with Gasteiger partial charge in [-0.25, -0.2) is 0 Å². The first-order valence-corrected chi connectivity index (χ1v) is 7.87. The van der Waals surface area contributed by atoms with Gasteiger partial charge < -0.3 is 5.32 Å². The Morgan fingerprint density at radius 2 is 2.00 bits per heavy atom. The first-order valence-electron chi connectivity index (χ1n) is 7.87. The molecule has 2 nitrogen and oxygen atoms in total. The van der Waals surface area contributed by atoms with E-state index in [2.05, 4.69) is 36.4 Å². The average molecular weight is 260 g/mol. The van der Waals surface area contributed by atoms with Crippen molar-refractivity contribution in [2.45, 2.75) is 45.4 Å². The molecule has 2 heteroatoms. The Labute approximate surface area is 118 Å². The van der Waals surface area contributed by atoms with Crippen LogP contribution in [0.25, 0.3) is 0 Å². The van der Waals surface area contributed by atoms with E-state index in [1.807, 2.05) is 12.4 Å². The van der Waals surface area contributed by atoms with Crippen LogP contribution < -0.4 is 5.32 Å². The first-order chi connectivity index (χ1) is 9.33. The monoisotopic (exact) mass is 260 g/mol. The van der Waals surface area contributed by atoms with E-state index in [1.165, 1.54) is 50.6 Å². The van der Waals surface area contributed by atoms with E-state index in [-0.39, 0.29) is 0 Å². The molecule has 3 unspecified atom stereocenters. The molecular weight excluding hydrogens is 232 g/mol. The Morgan fingerprint density at radius 1 is 1.21 bits per heavy atom. The highest BCUT2D eigenvalue weighted by atomic mass is 14.8. The second-order valence-corrected chi connectivity index (χ2v) is 6.11. The van der Waals surface area contributed by atoms with Crippen LogP contribution in [0.4, 0.5) is 0 Å². The molecule has 19 heavy (non-hydrogen) atoms. The van der Waals surface area contributed by atoms with Crippen molar-refractivity contribution in [3.8, 4) is 0 Å². The van der Waals surface area contributed by atoms with E-state index in [1.54, 1.807) is 0 Å². The van der Waals surface area contributed by atoms with Crippen molar-refractivity contribution >= 4 is 0 Å². The molecule has 0 spiro atoms. The number of pyridine rings is 1. The van der Waals surface area contributed by atoms with Crippen molar-refractivity contribution in [1.82, 2.24) is 10.3 Å². The molecule has 1 aliphatic carbocycles. The van der Waals surface area contributed by atoms with E-state index in [0.717, 1.165) is 17.8 Å². The third-order valence-electron chi connectivity index (χ3n) is 4.66. The zero-order valence-corrected chi connectivity index (χ0v) is 12.4. The molecule has 3 atom stereocenters. The molecule has 0 bridgehead atoms. The Bertz CT molecular complexity index is 350. The van der Waals surface area contributed by atoms with Gasteiger partial charge in [-0.2, -0.15) is 0 Å². The normalized spacial score (nSPS) is 27.4. The summed E-state index contributed by atoms with van der Waals surface area (Å²) in [7, 11) is 2.08. The van der Waals surface area contributed by atoms with E-state index in [4.69, 9.17) is 0 Å². The Balaban J connectivity index is 1.98. The van der Waals surface area contributed by atoms with Crippen LogP contribution in [0.15, 0.2) is 24.5 Å². The molecule has 1 aromatic rings. The van der Waals surface area contributed by atoms with Crippen molar-refractivity contribution in [1.29, 1.82) is 0 Å². The van der Waals surface area contributed by atoms with Crippen LogP contribution in [0, 0.1) is 17.8 Å². The van der Waals surface area contributed by atoms with Crippen molar-refractivity contribution in [3.63, 3.8) is 0 Å². The van der Waals surface area contributed by atoms with Crippen LogP contribution in [0.3, 0.4) is 0 Å². The largest absolute Gasteiger partial charge is 0.319 e. The highest BCUT2D eigenvalue weighted by Crippen LogP contribution is 2.37. The zero-order chi connectivity index (χ0) is 13.5. The topological polar surface area (TPSA) is 24.9 Å². The van der Waals surface area contributed by atoms with E-state index >= 15 is 0 Å². The van der Waals surface area contributed by atoms with Gasteiger partial charge in [0.05, 0.1) is 0 Å². The van der Waals surface area contributed by atoms with Crippen LogP contribution in [0.1, 0.15) is 44.6 Å². The minimum absolute atomic E-state index is 0.847. The summed E-state index contributed by atoms with van der Waals surface area (Å²) >= 11 is 0. The minimum atomic E-state index is 0.847. The lowest BCUT2D eigenvalue weighted by Gasteiger charge is -2.36. The fourth-order valence-electron chi connectivity index (χ4n) is 3.70. The van der Waals surface area contributed by atoms with Gasteiger partial charge >= 0.3 is 0 Å². The summed E-state index contributed by atoms with van der Waals surface area (Å²) in [6, 6.07) is 4.36. The highest BCUT2D eigenvalue weighted by molar-refractivity contribution is 5.11. The molecule has 0 saturated heterocycles. The van der Waals surface area contributed by atoms with Gasteiger partial charge in [-0.15, -0.1) is 0 Å². The quantitative estimate of drug-likeness (QED) is 0.844. The van der Waals surface area contributed by atoms with Crippen LogP contribution >= 0.6 is 0 Å². The second-order valence-electron chi connectivity index (χ2n) is 6.11. The molecule has 1 aromatic heterocycles. The van der Waals surface area contributed by atoms with Crippen LogP contribution in [0.5, 0.6) is 0 Å². The smallest absolute Gasteiger partial charge is 0.0270 e. The van der Waals surface area contributed by atoms with Gasteiger partial charge in [-0.3, -0.25) is 4.98 Å². The summed E-state index contributed by atoms with van der Waals surface area (Å²) < 4.78 is 0. The van der Waals surface area contributed by atoms with E-state index in [0.29, 0.717) is 0 Å². The molecule has 1 N–H and O–H groups in total. The van der Waals surface area contributed by atoms with Crippen LogP contribution in [0.2, 0.25) is 0 Å². The highest BCUT2D eigenvalue weighted by Gasteiger charge is 2.29. The number of hydrogen-bond acceptors (Lipinski definition) is 2. The molecular formula is C17H28N2. The molecule has 1 heterocycles. The average Bonchev–Trinajstić information content (AvgIpc) is 2.43. The predicted octanol–water partition coefficient (Wildman–Crippen LogP) is 3.68. The summed E-state index contributed by atoms with van der Waals surface area (Å²) in [6.45, 7) is 3.49. The van der Waals surface area contributed by atoms with Gasteiger partial charge in [0.1, 0.15) is 0 Å². The fourth-order valence-corrected chi connectivity index (χ4v) is 3.70. The maximum Gasteiger partial charge on any atom is 0.0270 e. The summed E-state index contributed by atoms with van der Waals surface area (Å²) in [5.41, 5.74) is 1.46. The predicted molar refractivity (Wildman–Crippen MR) is 81.1 cm³/mol. The maximum atomic E-state index is 4.13. The summed E-state index contributed by atoms with van der Waals surface area (Å²) in [5, 5.41) is 3.39. The number of hydrogen-bond donors (Lipinski definition) is 1. The molecule has 0 radical (unpaired) electrons. The SMILES string of the molecule is CCCC1CCC(CNC)C(Cc2ccncc2)C1. The minimum Gasteiger partial charge on any atom is -0.319 e. The number of rotatable bonds is 6. The van der Waals surface area contributed by atoms with Gasteiger partial charge in [0.2, 0.25) is 0 Å². The summed E-state index contributed by atoms with van der Waals surface area (Å²) in [4.78, 5) is 4.13. The summed E-state index contributed by atoms with van der Waals surface area (Å²) in [5.74, 6) is 2.66. The lowest BCUT2D eigenvalue weighted by Crippen LogP contribution is -2.33. The van der Waals surface area contributed by atoms with Crippen molar-refractivity contribution in [2.24, 2.45) is 17.8 Å². The first kappa shape index (κ1) is 14.5. The standard InChI is InChI=1S/C17H28N2/c1-3-4-14-5-6-16(13-18-2)17(11-14)12-15-7-9-19-10-8-15/h7-10,14,16-18H,3-6,11-13H2,1-2H3. The number of nitrogens with one attached hydrogen (secondary N) is 1. The van der Waals surface area contributed by atoms with Crippen molar-refractivity contribution in [3.05, 3.63) is 30.1 Å². The van der Waals surface area contributed by atoms with Crippen LogP contribution in [-0.2, 0) is 6.42 Å². The maximum absolute atomic E-state index is 4.13. The van der Waals surface area contributed by atoms with Gasteiger partial charge in [-0.1, -0.05) is 26.2 Å². The third-order valence-corrected chi connectivity index (χ3v) is 4.66. The van der Waals surface area contributed by atoms with E-state index in [9.17, 15) is 0 Å². The molecule has 1 aliphatic rings. The third kappa shape index (κ3) is 4.31.